The molecule has 0 bridgehead atoms. The van der Waals surface area contributed by atoms with E-state index in [0.29, 0.717) is 13.2 Å². The van der Waals surface area contributed by atoms with Gasteiger partial charge in [-0.1, -0.05) is 12.1 Å². The van der Waals surface area contributed by atoms with Crippen LogP contribution in [0.5, 0.6) is 5.75 Å². The van der Waals surface area contributed by atoms with Crippen LogP contribution in [0.3, 0.4) is 0 Å². The number of rotatable bonds is 8. The first kappa shape index (κ1) is 25.8. The van der Waals surface area contributed by atoms with Crippen LogP contribution in [0.4, 0.5) is 0 Å². The van der Waals surface area contributed by atoms with E-state index in [-0.39, 0.29) is 36.1 Å². The Balaban J connectivity index is 0.00000306. The number of furan rings is 1. The first-order valence-corrected chi connectivity index (χ1v) is 11.7. The molecular formula is C25H37IN4O3. The Kier molecular flexibility index (Phi) is 9.88. The van der Waals surface area contributed by atoms with Gasteiger partial charge in [-0.3, -0.25) is 9.89 Å². The third-order valence-corrected chi connectivity index (χ3v) is 6.21. The van der Waals surface area contributed by atoms with Crippen molar-refractivity contribution in [2.75, 3.05) is 39.9 Å². The zero-order valence-electron chi connectivity index (χ0n) is 19.9. The fraction of sp³-hybridized carbons (Fsp3) is 0.560. The molecule has 2 fully saturated rings. The van der Waals surface area contributed by atoms with Gasteiger partial charge in [-0.2, -0.15) is 0 Å². The van der Waals surface area contributed by atoms with Crippen molar-refractivity contribution in [1.29, 1.82) is 0 Å². The number of hydrogen-bond donors (Lipinski definition) is 2. The van der Waals surface area contributed by atoms with Gasteiger partial charge in [-0.05, 0) is 63.5 Å². The Morgan fingerprint density at radius 1 is 1.18 bits per heavy atom. The average Bonchev–Trinajstić information content (AvgIpc) is 3.56. The van der Waals surface area contributed by atoms with Gasteiger partial charge in [0.05, 0.1) is 19.3 Å². The molecule has 2 aromatic rings. The number of ether oxygens (including phenoxy) is 2. The molecule has 0 spiro atoms. The van der Waals surface area contributed by atoms with E-state index < -0.39 is 0 Å². The van der Waals surface area contributed by atoms with Gasteiger partial charge in [0.1, 0.15) is 23.4 Å². The Labute approximate surface area is 214 Å². The molecule has 4 rings (SSSR count). The monoisotopic (exact) mass is 568 g/mol. The molecule has 2 aliphatic heterocycles. The van der Waals surface area contributed by atoms with Crippen molar-refractivity contribution in [3.63, 3.8) is 0 Å². The van der Waals surface area contributed by atoms with Crippen LogP contribution in [0.15, 0.2) is 39.7 Å². The van der Waals surface area contributed by atoms with Crippen LogP contribution in [0.1, 0.15) is 48.0 Å². The quantitative estimate of drug-likeness (QED) is 0.283. The number of nitrogens with one attached hydrogen (secondary N) is 2. The fourth-order valence-electron chi connectivity index (χ4n) is 4.39. The van der Waals surface area contributed by atoms with E-state index in [2.05, 4.69) is 51.7 Å². The summed E-state index contributed by atoms with van der Waals surface area (Å²) in [4.78, 5) is 6.93. The third kappa shape index (κ3) is 7.10. The predicted molar refractivity (Wildman–Crippen MR) is 142 cm³/mol. The van der Waals surface area contributed by atoms with Crippen LogP contribution >= 0.6 is 24.0 Å². The van der Waals surface area contributed by atoms with E-state index in [1.165, 1.54) is 18.4 Å². The van der Waals surface area contributed by atoms with Crippen LogP contribution in [-0.4, -0.2) is 56.9 Å². The van der Waals surface area contributed by atoms with Gasteiger partial charge in [0.25, 0.3) is 0 Å². The molecule has 1 aromatic heterocycles. The predicted octanol–water partition coefficient (Wildman–Crippen LogP) is 4.18. The summed E-state index contributed by atoms with van der Waals surface area (Å²) in [5, 5.41) is 6.96. The van der Waals surface area contributed by atoms with Crippen molar-refractivity contribution in [2.45, 2.75) is 51.8 Å². The van der Waals surface area contributed by atoms with Crippen LogP contribution < -0.4 is 15.4 Å². The number of halogens is 1. The molecule has 2 atom stereocenters. The zero-order valence-corrected chi connectivity index (χ0v) is 22.3. The molecule has 7 nitrogen and oxygen atoms in total. The third-order valence-electron chi connectivity index (χ3n) is 6.21. The maximum Gasteiger partial charge on any atom is 0.191 e. The molecule has 0 amide bonds. The van der Waals surface area contributed by atoms with Crippen LogP contribution in [0.2, 0.25) is 0 Å². The highest BCUT2D eigenvalue weighted by molar-refractivity contribution is 14.0. The number of nitrogens with zero attached hydrogens (tertiary/aromatic N) is 2. The smallest absolute Gasteiger partial charge is 0.191 e. The Bertz CT molecular complexity index is 905. The lowest BCUT2D eigenvalue weighted by molar-refractivity contribution is 0.140. The Morgan fingerprint density at radius 2 is 2.00 bits per heavy atom. The first-order chi connectivity index (χ1) is 15.6. The molecule has 2 saturated heterocycles. The second-order valence-corrected chi connectivity index (χ2v) is 8.73. The van der Waals surface area contributed by atoms with Crippen molar-refractivity contribution in [2.24, 2.45) is 4.99 Å². The van der Waals surface area contributed by atoms with Gasteiger partial charge in [-0.15, -0.1) is 24.0 Å². The van der Waals surface area contributed by atoms with Gasteiger partial charge >= 0.3 is 0 Å². The second kappa shape index (κ2) is 12.6. The largest absolute Gasteiger partial charge is 0.488 e. The van der Waals surface area contributed by atoms with Crippen molar-refractivity contribution in [3.05, 3.63) is 53.0 Å². The lowest BCUT2D eigenvalue weighted by Crippen LogP contribution is -2.42. The number of aliphatic imine (C=N–C) groups is 1. The van der Waals surface area contributed by atoms with Gasteiger partial charge < -0.3 is 24.5 Å². The summed E-state index contributed by atoms with van der Waals surface area (Å²) in [6.07, 6.45) is 3.55. The summed E-state index contributed by atoms with van der Waals surface area (Å²) in [5.41, 5.74) is 2.30. The maximum atomic E-state index is 6.23. The summed E-state index contributed by atoms with van der Waals surface area (Å²) >= 11 is 0. The molecule has 33 heavy (non-hydrogen) atoms. The minimum atomic E-state index is 0. The van der Waals surface area contributed by atoms with E-state index in [9.17, 15) is 0 Å². The number of likely N-dealkylation sites (tertiary alicyclic amines) is 1. The van der Waals surface area contributed by atoms with Crippen molar-refractivity contribution in [1.82, 2.24) is 15.5 Å². The number of aryl methyl sites for hydroxylation is 2. The summed E-state index contributed by atoms with van der Waals surface area (Å²) in [7, 11) is 1.81. The van der Waals surface area contributed by atoms with E-state index in [1.54, 1.807) is 7.05 Å². The maximum absolute atomic E-state index is 6.23. The molecule has 2 unspecified atom stereocenters. The van der Waals surface area contributed by atoms with Crippen LogP contribution in [0.25, 0.3) is 0 Å². The summed E-state index contributed by atoms with van der Waals surface area (Å²) < 4.78 is 17.7. The van der Waals surface area contributed by atoms with Gasteiger partial charge in [0, 0.05) is 32.1 Å². The molecular weight excluding hydrogens is 531 g/mol. The first-order valence-electron chi connectivity index (χ1n) is 11.7. The van der Waals surface area contributed by atoms with Crippen molar-refractivity contribution >= 4 is 29.9 Å². The molecule has 8 heteroatoms. The molecule has 3 heterocycles. The van der Waals surface area contributed by atoms with Gasteiger partial charge in [0.15, 0.2) is 5.96 Å². The van der Waals surface area contributed by atoms with Crippen molar-refractivity contribution < 1.29 is 13.9 Å². The minimum absolute atomic E-state index is 0. The van der Waals surface area contributed by atoms with E-state index in [0.717, 1.165) is 61.5 Å². The Morgan fingerprint density at radius 3 is 2.67 bits per heavy atom. The SMILES string of the molecule is CN=C(NCc1ccc(C)cc1OC1CCOC1)NCC(c1ccc(C)o1)N1CCCC1.I. The minimum Gasteiger partial charge on any atom is -0.488 e. The summed E-state index contributed by atoms with van der Waals surface area (Å²) in [6.45, 7) is 9.10. The summed E-state index contributed by atoms with van der Waals surface area (Å²) in [6, 6.07) is 10.7. The number of guanidine groups is 1. The van der Waals surface area contributed by atoms with Crippen LogP contribution in [0, 0.1) is 13.8 Å². The molecule has 0 radical (unpaired) electrons. The molecule has 2 N–H and O–H groups in total. The lowest BCUT2D eigenvalue weighted by atomic mass is 10.1. The van der Waals surface area contributed by atoms with Gasteiger partial charge in [-0.25, -0.2) is 0 Å². The highest BCUT2D eigenvalue weighted by Gasteiger charge is 2.26. The average molecular weight is 569 g/mol. The van der Waals surface area contributed by atoms with E-state index in [4.69, 9.17) is 13.9 Å². The second-order valence-electron chi connectivity index (χ2n) is 8.73. The van der Waals surface area contributed by atoms with Crippen LogP contribution in [-0.2, 0) is 11.3 Å². The molecule has 0 aliphatic carbocycles. The Hall–Kier alpha value is -1.78. The van der Waals surface area contributed by atoms with E-state index in [1.807, 2.05) is 13.0 Å². The molecule has 2 aliphatic rings. The molecule has 0 saturated carbocycles. The van der Waals surface area contributed by atoms with Crippen molar-refractivity contribution in [3.8, 4) is 5.75 Å². The molecule has 182 valence electrons. The van der Waals surface area contributed by atoms with Gasteiger partial charge in [0.2, 0.25) is 0 Å². The highest BCUT2D eigenvalue weighted by Crippen LogP contribution is 2.26. The highest BCUT2D eigenvalue weighted by atomic mass is 127. The molecule has 1 aromatic carbocycles. The lowest BCUT2D eigenvalue weighted by Gasteiger charge is -2.27. The zero-order chi connectivity index (χ0) is 22.3. The normalized spacial score (nSPS) is 19.8. The number of hydrogen-bond acceptors (Lipinski definition) is 5. The standard InChI is InChI=1S/C25H36N4O3.HI/c1-18-6-8-20(24(14-18)32-21-10-13-30-17-21)15-27-25(26-3)28-16-22(29-11-4-5-12-29)23-9-7-19(2)31-23;/h6-9,14,21-22H,4-5,10-13,15-17H2,1-3H3,(H2,26,27,28);1H. The topological polar surface area (TPSA) is 71.3 Å². The summed E-state index contributed by atoms with van der Waals surface area (Å²) in [5.74, 6) is 3.66. The fourth-order valence-corrected chi connectivity index (χ4v) is 4.39. The van der Waals surface area contributed by atoms with E-state index >= 15 is 0 Å². The number of benzene rings is 1.